The Bertz CT molecular complexity index is 681. The molecule has 1 aromatic rings. The van der Waals surface area contributed by atoms with E-state index in [-0.39, 0.29) is 41.4 Å². The van der Waals surface area contributed by atoms with E-state index in [2.05, 4.69) is 41.4 Å². The maximum Gasteiger partial charge on any atom is 0.422 e. The number of ether oxygens (including phenoxy) is 2. The average Bonchev–Trinajstić information content (AvgIpc) is 2.66. The number of guanidine groups is 1. The van der Waals surface area contributed by atoms with Gasteiger partial charge >= 0.3 is 6.18 Å². The van der Waals surface area contributed by atoms with Crippen LogP contribution in [0.5, 0.6) is 5.88 Å². The van der Waals surface area contributed by atoms with Crippen LogP contribution in [0.1, 0.15) is 39.2 Å². The topological polar surface area (TPSA) is 67.8 Å². The molecule has 0 aliphatic carbocycles. The second-order valence-electron chi connectivity index (χ2n) is 8.27. The van der Waals surface area contributed by atoms with E-state index in [1.807, 2.05) is 0 Å². The van der Waals surface area contributed by atoms with Crippen molar-refractivity contribution in [2.24, 2.45) is 16.3 Å². The Balaban J connectivity index is 0.00000450. The van der Waals surface area contributed by atoms with Gasteiger partial charge in [-0.05, 0) is 29.9 Å². The van der Waals surface area contributed by atoms with Gasteiger partial charge in [0.2, 0.25) is 5.88 Å². The lowest BCUT2D eigenvalue weighted by Crippen LogP contribution is -2.47. The molecule has 0 saturated carbocycles. The number of nitrogens with zero attached hydrogens (tertiary/aromatic N) is 2. The van der Waals surface area contributed by atoms with Crippen LogP contribution in [0, 0.1) is 11.3 Å². The molecule has 0 aromatic carbocycles. The minimum atomic E-state index is -4.39. The van der Waals surface area contributed by atoms with Gasteiger partial charge in [-0.3, -0.25) is 4.99 Å². The maximum absolute atomic E-state index is 12.3. The zero-order valence-electron chi connectivity index (χ0n) is 17.9. The molecule has 10 heteroatoms. The molecule has 0 amide bonds. The first kappa shape index (κ1) is 26.7. The third kappa shape index (κ3) is 9.23. The Hall–Kier alpha value is -1.30. The van der Waals surface area contributed by atoms with Crippen molar-refractivity contribution in [3.63, 3.8) is 0 Å². The summed E-state index contributed by atoms with van der Waals surface area (Å²) in [5.74, 6) is 0.945. The van der Waals surface area contributed by atoms with E-state index in [0.717, 1.165) is 31.6 Å². The second-order valence-corrected chi connectivity index (χ2v) is 8.27. The van der Waals surface area contributed by atoms with Crippen molar-refractivity contribution >= 4 is 29.9 Å². The summed E-state index contributed by atoms with van der Waals surface area (Å²) in [7, 11) is 1.68. The van der Waals surface area contributed by atoms with Crippen LogP contribution < -0.4 is 15.4 Å². The quantitative estimate of drug-likeness (QED) is 0.320. The zero-order chi connectivity index (χ0) is 21.5. The molecule has 0 radical (unpaired) electrons. The van der Waals surface area contributed by atoms with Gasteiger partial charge in [-0.15, -0.1) is 24.0 Å². The van der Waals surface area contributed by atoms with E-state index in [4.69, 9.17) is 9.47 Å². The molecule has 30 heavy (non-hydrogen) atoms. The Morgan fingerprint density at radius 1 is 1.30 bits per heavy atom. The molecule has 6 nitrogen and oxygen atoms in total. The van der Waals surface area contributed by atoms with Crippen LogP contribution in [0.15, 0.2) is 23.3 Å². The minimum Gasteiger partial charge on any atom is -0.468 e. The van der Waals surface area contributed by atoms with Gasteiger partial charge in [0.05, 0.1) is 6.10 Å². The first-order valence-corrected chi connectivity index (χ1v) is 9.79. The lowest BCUT2D eigenvalue weighted by Gasteiger charge is -2.40. The molecule has 1 aromatic heterocycles. The third-order valence-electron chi connectivity index (χ3n) is 4.70. The molecular formula is C20H32F3IN4O2. The summed E-state index contributed by atoms with van der Waals surface area (Å²) in [5, 5.41) is 6.51. The van der Waals surface area contributed by atoms with E-state index in [0.29, 0.717) is 18.4 Å². The lowest BCUT2D eigenvalue weighted by molar-refractivity contribution is -0.154. The predicted molar refractivity (Wildman–Crippen MR) is 121 cm³/mol. The Morgan fingerprint density at radius 3 is 2.67 bits per heavy atom. The molecule has 2 unspecified atom stereocenters. The van der Waals surface area contributed by atoms with Crippen molar-refractivity contribution in [3.8, 4) is 5.88 Å². The third-order valence-corrected chi connectivity index (χ3v) is 4.70. The van der Waals surface area contributed by atoms with Gasteiger partial charge in [-0.1, -0.05) is 20.8 Å². The number of alkyl halides is 3. The molecule has 1 aliphatic heterocycles. The molecule has 1 fully saturated rings. The Kier molecular flexibility index (Phi) is 10.6. The normalized spacial score (nSPS) is 20.3. The highest BCUT2D eigenvalue weighted by atomic mass is 127. The van der Waals surface area contributed by atoms with Crippen LogP contribution in [-0.4, -0.2) is 50.0 Å². The van der Waals surface area contributed by atoms with Crippen LogP contribution in [0.25, 0.3) is 0 Å². The summed E-state index contributed by atoms with van der Waals surface area (Å²) in [6.07, 6.45) is -0.656. The largest absolute Gasteiger partial charge is 0.468 e. The molecule has 1 aliphatic rings. The first-order chi connectivity index (χ1) is 13.6. The molecule has 0 spiro atoms. The van der Waals surface area contributed by atoms with Gasteiger partial charge in [0.25, 0.3) is 0 Å². The van der Waals surface area contributed by atoms with Crippen molar-refractivity contribution in [1.29, 1.82) is 0 Å². The van der Waals surface area contributed by atoms with Crippen LogP contribution >= 0.6 is 24.0 Å². The van der Waals surface area contributed by atoms with Gasteiger partial charge in [-0.2, -0.15) is 13.2 Å². The van der Waals surface area contributed by atoms with E-state index < -0.39 is 12.8 Å². The number of halogens is 4. The average molecular weight is 544 g/mol. The highest BCUT2D eigenvalue weighted by molar-refractivity contribution is 14.0. The molecule has 2 heterocycles. The number of hydrogen-bond acceptors (Lipinski definition) is 4. The number of aliphatic imine (C=N–C) groups is 1. The van der Waals surface area contributed by atoms with E-state index in [9.17, 15) is 13.2 Å². The maximum atomic E-state index is 12.3. The monoisotopic (exact) mass is 544 g/mol. The fourth-order valence-electron chi connectivity index (χ4n) is 3.44. The number of rotatable bonds is 6. The van der Waals surface area contributed by atoms with Crippen molar-refractivity contribution in [2.75, 3.05) is 26.8 Å². The zero-order valence-corrected chi connectivity index (χ0v) is 20.2. The van der Waals surface area contributed by atoms with E-state index >= 15 is 0 Å². The van der Waals surface area contributed by atoms with Crippen molar-refractivity contribution < 1.29 is 22.6 Å². The second kappa shape index (κ2) is 11.9. The number of nitrogens with one attached hydrogen (secondary N) is 2. The van der Waals surface area contributed by atoms with Gasteiger partial charge in [0, 0.05) is 44.9 Å². The summed E-state index contributed by atoms with van der Waals surface area (Å²) >= 11 is 0. The molecule has 2 atom stereocenters. The Morgan fingerprint density at radius 2 is 2.03 bits per heavy atom. The fourth-order valence-corrected chi connectivity index (χ4v) is 3.44. The highest BCUT2D eigenvalue weighted by Crippen LogP contribution is 2.33. The molecule has 0 bridgehead atoms. The van der Waals surface area contributed by atoms with Gasteiger partial charge < -0.3 is 20.1 Å². The molecule has 172 valence electrons. The number of pyridine rings is 1. The summed E-state index contributed by atoms with van der Waals surface area (Å²) in [6, 6.07) is 3.20. The summed E-state index contributed by atoms with van der Waals surface area (Å²) in [6.45, 7) is 7.11. The molecule has 1 saturated heterocycles. The Labute approximate surface area is 193 Å². The molecule has 2 N–H and O–H groups in total. The van der Waals surface area contributed by atoms with Crippen LogP contribution in [-0.2, 0) is 11.3 Å². The SMILES string of the molecule is CN=C(NCc1ccnc(OCC(F)(F)F)c1)NCC1CCCOC1C(C)(C)C.I. The van der Waals surface area contributed by atoms with E-state index in [1.54, 1.807) is 13.1 Å². The van der Waals surface area contributed by atoms with Gasteiger partial charge in [0.15, 0.2) is 12.6 Å². The van der Waals surface area contributed by atoms with Crippen LogP contribution in [0.4, 0.5) is 13.2 Å². The minimum absolute atomic E-state index is 0. The van der Waals surface area contributed by atoms with Crippen molar-refractivity contribution in [1.82, 2.24) is 15.6 Å². The predicted octanol–water partition coefficient (Wildman–Crippen LogP) is 4.15. The summed E-state index contributed by atoms with van der Waals surface area (Å²) in [5.41, 5.74) is 0.807. The van der Waals surface area contributed by atoms with Crippen LogP contribution in [0.2, 0.25) is 0 Å². The van der Waals surface area contributed by atoms with Crippen molar-refractivity contribution in [2.45, 2.75) is 52.4 Å². The van der Waals surface area contributed by atoms with Crippen molar-refractivity contribution in [3.05, 3.63) is 23.9 Å². The smallest absolute Gasteiger partial charge is 0.422 e. The van der Waals surface area contributed by atoms with Crippen LogP contribution in [0.3, 0.4) is 0 Å². The standard InChI is InChI=1S/C20H31F3N4O2.HI/c1-19(2,3)17-15(6-5-9-28-17)12-27-18(24-4)26-11-14-7-8-25-16(10-14)29-13-20(21,22)23;/h7-8,10,15,17H,5-6,9,11-13H2,1-4H3,(H2,24,26,27);1H. The number of hydrogen-bond donors (Lipinski definition) is 2. The molecule has 2 rings (SSSR count). The van der Waals surface area contributed by atoms with Gasteiger partial charge in [-0.25, -0.2) is 4.98 Å². The van der Waals surface area contributed by atoms with Gasteiger partial charge in [0.1, 0.15) is 0 Å². The highest BCUT2D eigenvalue weighted by Gasteiger charge is 2.35. The molecular weight excluding hydrogens is 512 g/mol. The number of aromatic nitrogens is 1. The fraction of sp³-hybridized carbons (Fsp3) is 0.700. The first-order valence-electron chi connectivity index (χ1n) is 9.79. The van der Waals surface area contributed by atoms with E-state index in [1.165, 1.54) is 12.3 Å². The lowest BCUT2D eigenvalue weighted by atomic mass is 9.78. The summed E-state index contributed by atoms with van der Waals surface area (Å²) in [4.78, 5) is 8.03. The summed E-state index contributed by atoms with van der Waals surface area (Å²) < 4.78 is 47.5.